The Morgan fingerprint density at radius 2 is 1.91 bits per heavy atom. The Bertz CT molecular complexity index is 938. The average Bonchev–Trinajstić information content (AvgIpc) is 3.25. The van der Waals surface area contributed by atoms with Gasteiger partial charge < -0.3 is 0 Å². The van der Waals surface area contributed by atoms with Gasteiger partial charge in [-0.3, -0.25) is 0 Å². The van der Waals surface area contributed by atoms with E-state index >= 15 is 0 Å². The van der Waals surface area contributed by atoms with Crippen LogP contribution < -0.4 is 4.72 Å². The van der Waals surface area contributed by atoms with E-state index in [2.05, 4.69) is 13.5 Å². The Morgan fingerprint density at radius 3 is 2.74 bits per heavy atom. The molecule has 2 atom stereocenters. The van der Waals surface area contributed by atoms with Crippen LogP contribution in [-0.4, -0.2) is 22.4 Å². The standard InChI is InChI=1S/C16H15N3O2S2/c20-23(21,15-9-13(15)11-5-2-1-3-6-11)17-10-12-7-4-8-14-16(12)19-22-18-14/h1-8,13,15,17H,9-10H2/t13-,15+/m1/s1. The third kappa shape index (κ3) is 2.87. The van der Waals surface area contributed by atoms with Gasteiger partial charge in [-0.25, -0.2) is 13.1 Å². The molecule has 3 aromatic rings. The summed E-state index contributed by atoms with van der Waals surface area (Å²) in [6, 6.07) is 15.4. The highest BCUT2D eigenvalue weighted by atomic mass is 32.2. The van der Waals surface area contributed by atoms with Crippen molar-refractivity contribution in [1.82, 2.24) is 13.5 Å². The number of nitrogens with zero attached hydrogens (tertiary/aromatic N) is 2. The topological polar surface area (TPSA) is 72.0 Å². The van der Waals surface area contributed by atoms with Gasteiger partial charge in [-0.2, -0.15) is 8.75 Å². The summed E-state index contributed by atoms with van der Waals surface area (Å²) in [6.45, 7) is 0.253. The van der Waals surface area contributed by atoms with Crippen LogP contribution in [0.2, 0.25) is 0 Å². The second-order valence-corrected chi connectivity index (χ2v) is 8.22. The van der Waals surface area contributed by atoms with Gasteiger partial charge in [0, 0.05) is 12.5 Å². The monoisotopic (exact) mass is 345 g/mol. The van der Waals surface area contributed by atoms with Crippen LogP contribution >= 0.6 is 11.7 Å². The molecule has 118 valence electrons. The van der Waals surface area contributed by atoms with Crippen molar-refractivity contribution < 1.29 is 8.42 Å². The van der Waals surface area contributed by atoms with Crippen molar-refractivity contribution in [3.05, 3.63) is 59.7 Å². The zero-order valence-corrected chi connectivity index (χ0v) is 13.8. The van der Waals surface area contributed by atoms with Gasteiger partial charge in [0.1, 0.15) is 11.0 Å². The zero-order chi connectivity index (χ0) is 15.9. The molecule has 0 unspecified atom stereocenters. The predicted molar refractivity (Wildman–Crippen MR) is 90.8 cm³/mol. The number of fused-ring (bicyclic) bond motifs is 1. The lowest BCUT2D eigenvalue weighted by Crippen LogP contribution is -2.27. The minimum absolute atomic E-state index is 0.102. The maximum Gasteiger partial charge on any atom is 0.215 e. The van der Waals surface area contributed by atoms with Gasteiger partial charge >= 0.3 is 0 Å². The molecule has 23 heavy (non-hydrogen) atoms. The number of rotatable bonds is 5. The van der Waals surface area contributed by atoms with E-state index in [4.69, 9.17) is 0 Å². The van der Waals surface area contributed by atoms with Gasteiger partial charge in [-0.1, -0.05) is 42.5 Å². The van der Waals surface area contributed by atoms with E-state index in [1.807, 2.05) is 48.5 Å². The SMILES string of the molecule is O=S(=O)(NCc1cccc2nsnc12)[C@H]1C[C@@H]1c1ccccc1. The number of aromatic nitrogens is 2. The van der Waals surface area contributed by atoms with Crippen molar-refractivity contribution in [3.8, 4) is 0 Å². The molecule has 5 nitrogen and oxygen atoms in total. The fourth-order valence-corrected chi connectivity index (χ4v) is 5.05. The molecule has 1 aromatic heterocycles. The summed E-state index contributed by atoms with van der Waals surface area (Å²) >= 11 is 1.14. The van der Waals surface area contributed by atoms with Gasteiger partial charge in [-0.15, -0.1) is 0 Å². The summed E-state index contributed by atoms with van der Waals surface area (Å²) in [6.07, 6.45) is 0.682. The first kappa shape index (κ1) is 14.7. The predicted octanol–water partition coefficient (Wildman–Crippen LogP) is 2.67. The average molecular weight is 345 g/mol. The quantitative estimate of drug-likeness (QED) is 0.772. The number of hydrogen-bond acceptors (Lipinski definition) is 5. The fourth-order valence-electron chi connectivity index (χ4n) is 2.86. The maximum absolute atomic E-state index is 12.5. The molecule has 7 heteroatoms. The molecule has 0 spiro atoms. The number of nitrogens with one attached hydrogen (secondary N) is 1. The summed E-state index contributed by atoms with van der Waals surface area (Å²) in [5.74, 6) is 0.102. The first-order valence-electron chi connectivity index (χ1n) is 7.39. The van der Waals surface area contributed by atoms with Crippen LogP contribution in [0.25, 0.3) is 11.0 Å². The Kier molecular flexibility index (Phi) is 3.63. The van der Waals surface area contributed by atoms with Crippen LogP contribution in [0.15, 0.2) is 48.5 Å². The van der Waals surface area contributed by atoms with Gasteiger partial charge in [0.2, 0.25) is 10.0 Å². The van der Waals surface area contributed by atoms with Gasteiger partial charge in [0.15, 0.2) is 0 Å². The molecule has 1 N–H and O–H groups in total. The molecular formula is C16H15N3O2S2. The second kappa shape index (κ2) is 5.67. The molecule has 0 bridgehead atoms. The van der Waals surface area contributed by atoms with Crippen LogP contribution in [0.3, 0.4) is 0 Å². The highest BCUT2D eigenvalue weighted by Gasteiger charge is 2.47. The molecule has 1 heterocycles. The van der Waals surface area contributed by atoms with Crippen LogP contribution in [0, 0.1) is 0 Å². The smallest absolute Gasteiger partial charge is 0.212 e. The molecule has 0 amide bonds. The molecule has 1 aliphatic carbocycles. The Hall–Kier alpha value is -1.83. The molecule has 0 radical (unpaired) electrons. The van der Waals surface area contributed by atoms with E-state index in [1.165, 1.54) is 0 Å². The molecule has 0 aliphatic heterocycles. The lowest BCUT2D eigenvalue weighted by Gasteiger charge is -2.07. The minimum atomic E-state index is -3.33. The van der Waals surface area contributed by atoms with Crippen molar-refractivity contribution in [2.75, 3.05) is 0 Å². The van der Waals surface area contributed by atoms with E-state index in [0.29, 0.717) is 6.42 Å². The molecule has 0 saturated heterocycles. The summed E-state index contributed by atoms with van der Waals surface area (Å²) in [5, 5.41) is -0.335. The third-order valence-corrected chi connectivity index (χ3v) is 6.60. The van der Waals surface area contributed by atoms with E-state index in [0.717, 1.165) is 33.9 Å². The van der Waals surface area contributed by atoms with Gasteiger partial charge in [0.25, 0.3) is 0 Å². The van der Waals surface area contributed by atoms with Crippen molar-refractivity contribution in [2.24, 2.45) is 0 Å². The van der Waals surface area contributed by atoms with Crippen LogP contribution in [0.1, 0.15) is 23.5 Å². The van der Waals surface area contributed by atoms with E-state index < -0.39 is 10.0 Å². The molecule has 1 fully saturated rings. The van der Waals surface area contributed by atoms with Crippen LogP contribution in [0.4, 0.5) is 0 Å². The molecular weight excluding hydrogens is 330 g/mol. The minimum Gasteiger partial charge on any atom is -0.212 e. The van der Waals surface area contributed by atoms with Crippen molar-refractivity contribution in [3.63, 3.8) is 0 Å². The van der Waals surface area contributed by atoms with Gasteiger partial charge in [-0.05, 0) is 23.6 Å². The van der Waals surface area contributed by atoms with Crippen molar-refractivity contribution in [1.29, 1.82) is 0 Å². The number of benzene rings is 2. The first-order valence-corrected chi connectivity index (χ1v) is 9.66. The molecule has 1 aliphatic rings. The van der Waals surface area contributed by atoms with E-state index in [-0.39, 0.29) is 17.7 Å². The highest BCUT2D eigenvalue weighted by Crippen LogP contribution is 2.45. The number of hydrogen-bond donors (Lipinski definition) is 1. The van der Waals surface area contributed by atoms with Crippen molar-refractivity contribution >= 4 is 32.8 Å². The largest absolute Gasteiger partial charge is 0.215 e. The Morgan fingerprint density at radius 1 is 1.09 bits per heavy atom. The molecule has 2 aromatic carbocycles. The van der Waals surface area contributed by atoms with E-state index in [1.54, 1.807) is 0 Å². The first-order chi connectivity index (χ1) is 11.1. The summed E-state index contributed by atoms with van der Waals surface area (Å²) in [5.41, 5.74) is 3.53. The van der Waals surface area contributed by atoms with E-state index in [9.17, 15) is 8.42 Å². The van der Waals surface area contributed by atoms with Gasteiger partial charge in [0.05, 0.1) is 17.0 Å². The van der Waals surface area contributed by atoms with Crippen molar-refractivity contribution in [2.45, 2.75) is 24.1 Å². The zero-order valence-electron chi connectivity index (χ0n) is 12.2. The Balaban J connectivity index is 1.48. The summed E-state index contributed by atoms with van der Waals surface area (Å²) in [4.78, 5) is 0. The molecule has 4 rings (SSSR count). The third-order valence-electron chi connectivity index (χ3n) is 4.19. The normalized spacial score (nSPS) is 20.7. The summed E-state index contributed by atoms with van der Waals surface area (Å²) < 4.78 is 36.1. The highest BCUT2D eigenvalue weighted by molar-refractivity contribution is 7.90. The lowest BCUT2D eigenvalue weighted by atomic mass is 10.1. The number of sulfonamides is 1. The van der Waals surface area contributed by atoms with Crippen LogP contribution in [-0.2, 0) is 16.6 Å². The molecule has 1 saturated carbocycles. The maximum atomic E-state index is 12.5. The Labute approximate surface area is 138 Å². The lowest BCUT2D eigenvalue weighted by molar-refractivity contribution is 0.579. The second-order valence-electron chi connectivity index (χ2n) is 5.71. The van der Waals surface area contributed by atoms with Crippen LogP contribution in [0.5, 0.6) is 0 Å². The fraction of sp³-hybridized carbons (Fsp3) is 0.250. The summed E-state index contributed by atoms with van der Waals surface area (Å²) in [7, 11) is -3.33.